The molecule has 2 unspecified atom stereocenters. The molecule has 130 valence electrons. The number of aliphatic carboxylic acids is 1. The number of rotatable bonds is 6. The van der Waals surface area contributed by atoms with Crippen LogP contribution in [0.2, 0.25) is 0 Å². The minimum Gasteiger partial charge on any atom is -0.480 e. The maximum atomic E-state index is 12.3. The number of benzene rings is 1. The minimum atomic E-state index is -4.80. The molecule has 2 atom stereocenters. The first kappa shape index (κ1) is 17.9. The van der Waals surface area contributed by atoms with Gasteiger partial charge in [-0.15, -0.1) is 0 Å². The minimum absolute atomic E-state index is 0.0593. The average molecular weight is 345 g/mol. The molecule has 1 aliphatic rings. The smallest absolute Gasteiger partial charge is 0.414 e. The average Bonchev–Trinajstić information content (AvgIpc) is 2.75. The van der Waals surface area contributed by atoms with Crippen LogP contribution < -0.4 is 0 Å². The summed E-state index contributed by atoms with van der Waals surface area (Å²) in [4.78, 5) is 36.4. The largest absolute Gasteiger partial charge is 0.480 e. The fourth-order valence-corrected chi connectivity index (χ4v) is 2.52. The number of alkyl halides is 3. The lowest BCUT2D eigenvalue weighted by atomic mass is 10.1. The number of hydrogen-bond donors (Lipinski definition) is 2. The Hall–Kier alpha value is -2.42. The molecule has 6 nitrogen and oxygen atoms in total. The highest BCUT2D eigenvalue weighted by molar-refractivity contribution is 6.22. The van der Waals surface area contributed by atoms with E-state index in [-0.39, 0.29) is 24.0 Å². The van der Waals surface area contributed by atoms with Gasteiger partial charge in [-0.25, -0.2) is 4.79 Å². The summed E-state index contributed by atoms with van der Waals surface area (Å²) < 4.78 is 36.8. The van der Waals surface area contributed by atoms with Crippen LogP contribution in [-0.2, 0) is 4.79 Å². The van der Waals surface area contributed by atoms with Crippen molar-refractivity contribution in [2.45, 2.75) is 37.6 Å². The van der Waals surface area contributed by atoms with Crippen LogP contribution >= 0.6 is 0 Å². The second-order valence-electron chi connectivity index (χ2n) is 5.37. The van der Waals surface area contributed by atoms with Gasteiger partial charge in [-0.2, -0.15) is 13.2 Å². The van der Waals surface area contributed by atoms with Crippen molar-refractivity contribution in [1.82, 2.24) is 4.90 Å². The summed E-state index contributed by atoms with van der Waals surface area (Å²) in [6.45, 7) is 0. The molecule has 0 aromatic heterocycles. The van der Waals surface area contributed by atoms with Crippen molar-refractivity contribution in [3.8, 4) is 0 Å². The summed E-state index contributed by atoms with van der Waals surface area (Å²) in [6, 6.07) is 4.20. The van der Waals surface area contributed by atoms with E-state index < -0.39 is 42.5 Å². The first-order valence-corrected chi connectivity index (χ1v) is 7.09. The third-order valence-corrected chi connectivity index (χ3v) is 3.76. The van der Waals surface area contributed by atoms with Gasteiger partial charge in [-0.1, -0.05) is 12.1 Å². The molecule has 0 fully saturated rings. The second-order valence-corrected chi connectivity index (χ2v) is 5.37. The first-order chi connectivity index (χ1) is 11.1. The second kappa shape index (κ2) is 6.60. The SMILES string of the molecule is O=C(O)C(CCCC(O)C(F)(F)F)N1C(=O)c2ccccc2C1=O. The standard InChI is InChI=1S/C15H14F3NO5/c16-15(17,18)11(20)7-3-6-10(14(23)24)19-12(21)8-4-1-2-5-9(8)13(19)22/h1-2,4-5,10-11,20H,3,6-7H2,(H,23,24). The predicted octanol–water partition coefficient (Wildman–Crippen LogP) is 1.83. The molecule has 0 aliphatic carbocycles. The number of nitrogens with zero attached hydrogens (tertiary/aromatic N) is 1. The maximum absolute atomic E-state index is 12.3. The number of halogens is 3. The van der Waals surface area contributed by atoms with Crippen LogP contribution in [0.3, 0.4) is 0 Å². The number of carboxylic acid groups (broad SMARTS) is 1. The van der Waals surface area contributed by atoms with Gasteiger partial charge < -0.3 is 10.2 Å². The van der Waals surface area contributed by atoms with Crippen LogP contribution in [0.5, 0.6) is 0 Å². The number of aliphatic hydroxyl groups is 1. The highest BCUT2D eigenvalue weighted by Crippen LogP contribution is 2.28. The van der Waals surface area contributed by atoms with Crippen LogP contribution in [0, 0.1) is 0 Å². The van der Waals surface area contributed by atoms with E-state index in [0.29, 0.717) is 4.90 Å². The Morgan fingerprint density at radius 1 is 1.08 bits per heavy atom. The molecule has 0 spiro atoms. The van der Waals surface area contributed by atoms with Crippen molar-refractivity contribution in [3.05, 3.63) is 35.4 Å². The maximum Gasteiger partial charge on any atom is 0.414 e. The van der Waals surface area contributed by atoms with Crippen molar-refractivity contribution in [2.24, 2.45) is 0 Å². The number of fused-ring (bicyclic) bond motifs is 1. The monoisotopic (exact) mass is 345 g/mol. The number of carbonyl (C=O) groups excluding carboxylic acids is 2. The molecule has 9 heteroatoms. The molecule has 2 N–H and O–H groups in total. The fraction of sp³-hybridized carbons (Fsp3) is 0.400. The number of carbonyl (C=O) groups is 3. The number of hydrogen-bond acceptors (Lipinski definition) is 4. The van der Waals surface area contributed by atoms with Gasteiger partial charge in [0.15, 0.2) is 0 Å². The summed E-state index contributed by atoms with van der Waals surface area (Å²) in [5.74, 6) is -3.08. The van der Waals surface area contributed by atoms with Crippen LogP contribution in [0.25, 0.3) is 0 Å². The van der Waals surface area contributed by atoms with Crippen molar-refractivity contribution >= 4 is 17.8 Å². The van der Waals surface area contributed by atoms with E-state index in [1.54, 1.807) is 0 Å². The lowest BCUT2D eigenvalue weighted by molar-refractivity contribution is -0.205. The van der Waals surface area contributed by atoms with Crippen LogP contribution in [0.4, 0.5) is 13.2 Å². The van der Waals surface area contributed by atoms with Gasteiger partial charge in [0.25, 0.3) is 11.8 Å². The van der Waals surface area contributed by atoms with E-state index in [2.05, 4.69) is 0 Å². The van der Waals surface area contributed by atoms with Gasteiger partial charge in [0.1, 0.15) is 12.1 Å². The molecule has 1 aliphatic heterocycles. The third-order valence-electron chi connectivity index (χ3n) is 3.76. The Morgan fingerprint density at radius 3 is 2.00 bits per heavy atom. The van der Waals surface area contributed by atoms with Crippen LogP contribution in [0.1, 0.15) is 40.0 Å². The molecule has 24 heavy (non-hydrogen) atoms. The normalized spacial score (nSPS) is 16.9. The Bertz CT molecular complexity index is 638. The first-order valence-electron chi connectivity index (χ1n) is 7.09. The van der Waals surface area contributed by atoms with E-state index in [4.69, 9.17) is 5.11 Å². The molecule has 0 saturated heterocycles. The zero-order valence-corrected chi connectivity index (χ0v) is 12.3. The molecular formula is C15H14F3NO5. The predicted molar refractivity (Wildman–Crippen MR) is 74.3 cm³/mol. The molecule has 1 aromatic carbocycles. The fourth-order valence-electron chi connectivity index (χ4n) is 2.52. The Labute approximate surface area is 134 Å². The topological polar surface area (TPSA) is 94.9 Å². The Morgan fingerprint density at radius 2 is 1.58 bits per heavy atom. The number of imide groups is 1. The highest BCUT2D eigenvalue weighted by Gasteiger charge is 2.43. The Balaban J connectivity index is 2.11. The quantitative estimate of drug-likeness (QED) is 0.767. The van der Waals surface area contributed by atoms with E-state index in [1.807, 2.05) is 0 Å². The summed E-state index contributed by atoms with van der Waals surface area (Å²) in [7, 11) is 0. The number of amides is 2. The number of carboxylic acids is 1. The third kappa shape index (κ3) is 3.40. The lowest BCUT2D eigenvalue weighted by Crippen LogP contribution is -2.45. The summed E-state index contributed by atoms with van der Waals surface area (Å²) in [5.41, 5.74) is 0.119. The van der Waals surface area contributed by atoms with Crippen LogP contribution in [0.15, 0.2) is 24.3 Å². The lowest BCUT2D eigenvalue weighted by Gasteiger charge is -2.23. The summed E-state index contributed by atoms with van der Waals surface area (Å²) in [6.07, 6.45) is -8.78. The van der Waals surface area contributed by atoms with Crippen molar-refractivity contribution in [1.29, 1.82) is 0 Å². The highest BCUT2D eigenvalue weighted by atomic mass is 19.4. The summed E-state index contributed by atoms with van der Waals surface area (Å²) >= 11 is 0. The Kier molecular flexibility index (Phi) is 4.93. The molecule has 1 aromatic rings. The van der Waals surface area contributed by atoms with Crippen molar-refractivity contribution < 1.29 is 37.8 Å². The molecule has 0 bridgehead atoms. The summed E-state index contributed by atoms with van der Waals surface area (Å²) in [5, 5.41) is 18.2. The van der Waals surface area contributed by atoms with E-state index >= 15 is 0 Å². The van der Waals surface area contributed by atoms with Gasteiger partial charge in [0.2, 0.25) is 0 Å². The van der Waals surface area contributed by atoms with Gasteiger partial charge in [0.05, 0.1) is 11.1 Å². The van der Waals surface area contributed by atoms with E-state index in [9.17, 15) is 32.7 Å². The van der Waals surface area contributed by atoms with Crippen LogP contribution in [-0.4, -0.2) is 51.2 Å². The van der Waals surface area contributed by atoms with Crippen molar-refractivity contribution in [3.63, 3.8) is 0 Å². The van der Waals surface area contributed by atoms with E-state index in [1.165, 1.54) is 24.3 Å². The van der Waals surface area contributed by atoms with Gasteiger partial charge >= 0.3 is 12.1 Å². The van der Waals surface area contributed by atoms with Gasteiger partial charge in [-0.3, -0.25) is 14.5 Å². The zero-order chi connectivity index (χ0) is 18.1. The van der Waals surface area contributed by atoms with E-state index in [0.717, 1.165) is 0 Å². The molecule has 2 amide bonds. The van der Waals surface area contributed by atoms with Gasteiger partial charge in [0, 0.05) is 0 Å². The molecule has 1 heterocycles. The zero-order valence-electron chi connectivity index (χ0n) is 12.3. The molecule has 2 rings (SSSR count). The molecule has 0 radical (unpaired) electrons. The van der Waals surface area contributed by atoms with Crippen molar-refractivity contribution in [2.75, 3.05) is 0 Å². The van der Waals surface area contributed by atoms with Gasteiger partial charge in [-0.05, 0) is 31.4 Å². The molecular weight excluding hydrogens is 331 g/mol. The molecule has 0 saturated carbocycles. The number of aliphatic hydroxyl groups excluding tert-OH is 1.